The number of carboxylic acid groups (broad SMARTS) is 1. The summed E-state index contributed by atoms with van der Waals surface area (Å²) < 4.78 is 5.82. The second-order valence-corrected chi connectivity index (χ2v) is 7.38. The number of ether oxygens (including phenoxy) is 1. The molecule has 2 heterocycles. The number of hydrogen-bond acceptors (Lipinski definition) is 8. The van der Waals surface area contributed by atoms with Crippen LogP contribution >= 0.6 is 0 Å². The quantitative estimate of drug-likeness (QED) is 0.531. The van der Waals surface area contributed by atoms with Crippen LogP contribution in [-0.2, 0) is 9.53 Å². The molecular weight excluding hydrogens is 400 g/mol. The summed E-state index contributed by atoms with van der Waals surface area (Å²) in [6.45, 7) is 3.88. The fourth-order valence-electron chi connectivity index (χ4n) is 4.07. The third-order valence-electron chi connectivity index (χ3n) is 5.51. The van der Waals surface area contributed by atoms with E-state index in [1.807, 2.05) is 6.92 Å². The SMILES string of the molecule is CCCN1CCC2(CC1)OC[C@H](C(=O)O)N2C(=O)c1cc([N+](=O)[O-])cc([N+](=O)[O-])c1. The Balaban J connectivity index is 1.99. The number of nitrogens with zero attached hydrogens (tertiary/aromatic N) is 4. The van der Waals surface area contributed by atoms with Crippen molar-refractivity contribution in [3.8, 4) is 0 Å². The van der Waals surface area contributed by atoms with Gasteiger partial charge in [-0.2, -0.15) is 0 Å². The molecule has 0 unspecified atom stereocenters. The summed E-state index contributed by atoms with van der Waals surface area (Å²) in [4.78, 5) is 49.1. The van der Waals surface area contributed by atoms with Crippen molar-refractivity contribution in [1.29, 1.82) is 0 Å². The molecule has 0 bridgehead atoms. The zero-order chi connectivity index (χ0) is 22.1. The molecule has 3 rings (SSSR count). The van der Waals surface area contributed by atoms with Crippen LogP contribution in [0.25, 0.3) is 0 Å². The molecule has 1 aromatic carbocycles. The van der Waals surface area contributed by atoms with Gasteiger partial charge in [0.15, 0.2) is 6.04 Å². The van der Waals surface area contributed by atoms with Gasteiger partial charge in [-0.1, -0.05) is 6.92 Å². The van der Waals surface area contributed by atoms with Gasteiger partial charge in [0, 0.05) is 38.1 Å². The Morgan fingerprint density at radius 2 is 1.73 bits per heavy atom. The van der Waals surface area contributed by atoms with E-state index in [1.54, 1.807) is 0 Å². The highest BCUT2D eigenvalue weighted by molar-refractivity contribution is 5.98. The summed E-state index contributed by atoms with van der Waals surface area (Å²) in [5.74, 6) is -2.10. The third-order valence-corrected chi connectivity index (χ3v) is 5.51. The van der Waals surface area contributed by atoms with Crippen LogP contribution < -0.4 is 0 Å². The number of non-ortho nitro benzene ring substituents is 2. The van der Waals surface area contributed by atoms with E-state index in [1.165, 1.54) is 0 Å². The maximum atomic E-state index is 13.3. The average molecular weight is 422 g/mol. The van der Waals surface area contributed by atoms with Gasteiger partial charge in [0.2, 0.25) is 0 Å². The van der Waals surface area contributed by atoms with Crippen molar-refractivity contribution < 1.29 is 29.3 Å². The number of nitro groups is 2. The highest BCUT2D eigenvalue weighted by atomic mass is 16.6. The van der Waals surface area contributed by atoms with E-state index < -0.39 is 44.9 Å². The van der Waals surface area contributed by atoms with Crippen molar-refractivity contribution in [2.45, 2.75) is 38.0 Å². The summed E-state index contributed by atoms with van der Waals surface area (Å²) in [6.07, 6.45) is 1.70. The molecule has 2 fully saturated rings. The molecule has 0 aromatic heterocycles. The number of piperidine rings is 1. The van der Waals surface area contributed by atoms with Crippen molar-refractivity contribution in [3.63, 3.8) is 0 Å². The van der Waals surface area contributed by atoms with Crippen LogP contribution in [0.15, 0.2) is 18.2 Å². The molecule has 1 N–H and O–H groups in total. The molecule has 1 aromatic rings. The average Bonchev–Trinajstić information content (AvgIpc) is 3.08. The monoisotopic (exact) mass is 422 g/mol. The van der Waals surface area contributed by atoms with Crippen LogP contribution in [0, 0.1) is 20.2 Å². The van der Waals surface area contributed by atoms with E-state index >= 15 is 0 Å². The maximum Gasteiger partial charge on any atom is 0.328 e. The first-order chi connectivity index (χ1) is 14.2. The number of rotatable bonds is 6. The van der Waals surface area contributed by atoms with Crippen LogP contribution in [-0.4, -0.2) is 74.6 Å². The molecule has 12 nitrogen and oxygen atoms in total. The van der Waals surface area contributed by atoms with Gasteiger partial charge in [-0.05, 0) is 13.0 Å². The van der Waals surface area contributed by atoms with Crippen LogP contribution in [0.1, 0.15) is 36.5 Å². The predicted molar refractivity (Wildman–Crippen MR) is 102 cm³/mol. The minimum atomic E-state index is -1.28. The predicted octanol–water partition coefficient (Wildman–Crippen LogP) is 1.63. The second kappa shape index (κ2) is 8.32. The summed E-state index contributed by atoms with van der Waals surface area (Å²) in [7, 11) is 0. The Morgan fingerprint density at radius 1 is 1.17 bits per heavy atom. The van der Waals surface area contributed by atoms with Gasteiger partial charge in [-0.15, -0.1) is 0 Å². The van der Waals surface area contributed by atoms with Gasteiger partial charge < -0.3 is 14.7 Å². The molecule has 30 heavy (non-hydrogen) atoms. The van der Waals surface area contributed by atoms with E-state index in [4.69, 9.17) is 4.74 Å². The van der Waals surface area contributed by atoms with Crippen molar-refractivity contribution in [2.24, 2.45) is 0 Å². The first kappa shape index (κ1) is 21.6. The maximum absolute atomic E-state index is 13.3. The molecule has 0 saturated carbocycles. The molecule has 12 heteroatoms. The van der Waals surface area contributed by atoms with E-state index in [9.17, 15) is 34.9 Å². The zero-order valence-electron chi connectivity index (χ0n) is 16.4. The minimum absolute atomic E-state index is 0.216. The molecule has 2 aliphatic rings. The summed E-state index contributed by atoms with van der Waals surface area (Å²) >= 11 is 0. The van der Waals surface area contributed by atoms with Gasteiger partial charge in [0.1, 0.15) is 5.72 Å². The molecule has 0 radical (unpaired) electrons. The Labute approximate surface area is 171 Å². The topological polar surface area (TPSA) is 156 Å². The lowest BCUT2D eigenvalue weighted by Crippen LogP contribution is -2.58. The number of benzene rings is 1. The van der Waals surface area contributed by atoms with E-state index in [0.717, 1.165) is 36.1 Å². The Kier molecular flexibility index (Phi) is 5.99. The third kappa shape index (κ3) is 3.96. The second-order valence-electron chi connectivity index (χ2n) is 7.38. The van der Waals surface area contributed by atoms with Crippen molar-refractivity contribution >= 4 is 23.3 Å². The Hall–Kier alpha value is -3.12. The van der Waals surface area contributed by atoms with Crippen molar-refractivity contribution in [3.05, 3.63) is 44.0 Å². The lowest BCUT2D eigenvalue weighted by Gasteiger charge is -2.44. The number of carboxylic acids is 1. The van der Waals surface area contributed by atoms with Gasteiger partial charge in [-0.25, -0.2) is 4.79 Å². The molecule has 1 spiro atoms. The summed E-state index contributed by atoms with van der Waals surface area (Å²) in [5, 5.41) is 32.0. The Morgan fingerprint density at radius 3 is 2.20 bits per heavy atom. The lowest BCUT2D eigenvalue weighted by atomic mass is 9.96. The number of aliphatic carboxylic acids is 1. The smallest absolute Gasteiger partial charge is 0.328 e. The first-order valence-corrected chi connectivity index (χ1v) is 9.55. The molecule has 2 saturated heterocycles. The van der Waals surface area contributed by atoms with Gasteiger partial charge in [0.25, 0.3) is 17.3 Å². The first-order valence-electron chi connectivity index (χ1n) is 9.55. The number of nitro benzene ring substituents is 2. The number of likely N-dealkylation sites (tertiary alicyclic amines) is 1. The minimum Gasteiger partial charge on any atom is -0.480 e. The van der Waals surface area contributed by atoms with Gasteiger partial charge in [-0.3, -0.25) is 29.9 Å². The van der Waals surface area contributed by atoms with Crippen molar-refractivity contribution in [2.75, 3.05) is 26.2 Å². The molecular formula is C18H22N4O8. The van der Waals surface area contributed by atoms with E-state index in [-0.39, 0.29) is 12.2 Å². The Bertz CT molecular complexity index is 849. The molecule has 162 valence electrons. The van der Waals surface area contributed by atoms with Crippen LogP contribution in [0.3, 0.4) is 0 Å². The van der Waals surface area contributed by atoms with E-state index in [2.05, 4.69) is 4.90 Å². The normalized spacial score (nSPS) is 21.0. The van der Waals surface area contributed by atoms with Crippen LogP contribution in [0.5, 0.6) is 0 Å². The fraction of sp³-hybridized carbons (Fsp3) is 0.556. The van der Waals surface area contributed by atoms with Crippen molar-refractivity contribution in [1.82, 2.24) is 9.80 Å². The largest absolute Gasteiger partial charge is 0.480 e. The molecule has 1 amide bonds. The molecule has 0 aliphatic carbocycles. The number of carbonyl (C=O) groups is 2. The lowest BCUT2D eigenvalue weighted by molar-refractivity contribution is -0.394. The number of hydrogen-bond donors (Lipinski definition) is 1. The van der Waals surface area contributed by atoms with Crippen LogP contribution in [0.4, 0.5) is 11.4 Å². The standard InChI is InChI=1S/C18H22N4O8/c1-2-5-19-6-3-18(4-7-19)20(15(11-30-18)17(24)25)16(23)12-8-13(21(26)27)10-14(9-12)22(28)29/h8-10,15H,2-7,11H2,1H3,(H,24,25)/t15-/m1/s1. The van der Waals surface area contributed by atoms with E-state index in [0.29, 0.717) is 25.9 Å². The zero-order valence-corrected chi connectivity index (χ0v) is 16.4. The van der Waals surface area contributed by atoms with Crippen LogP contribution in [0.2, 0.25) is 0 Å². The van der Waals surface area contributed by atoms with Gasteiger partial charge >= 0.3 is 5.97 Å². The van der Waals surface area contributed by atoms with Gasteiger partial charge in [0.05, 0.1) is 28.1 Å². The summed E-state index contributed by atoms with van der Waals surface area (Å²) in [5.41, 5.74) is -2.72. The summed E-state index contributed by atoms with van der Waals surface area (Å²) in [6, 6.07) is 1.32. The highest BCUT2D eigenvalue weighted by Crippen LogP contribution is 2.39. The molecule has 1 atom stereocenters. The highest BCUT2D eigenvalue weighted by Gasteiger charge is 2.54. The number of amides is 1. The fourth-order valence-corrected chi connectivity index (χ4v) is 4.07. The molecule has 2 aliphatic heterocycles. The number of carbonyl (C=O) groups excluding carboxylic acids is 1.